The largest absolute Gasteiger partial charge is 0.314 e. The Morgan fingerprint density at radius 3 is 2.30 bits per heavy atom. The van der Waals surface area contributed by atoms with E-state index in [9.17, 15) is 8.78 Å². The average Bonchev–Trinajstić information content (AvgIpc) is 2.33. The van der Waals surface area contributed by atoms with Crippen LogP contribution in [0.3, 0.4) is 0 Å². The molecule has 1 N–H and O–H groups in total. The van der Waals surface area contributed by atoms with E-state index in [0.29, 0.717) is 18.7 Å². The molecule has 20 heavy (non-hydrogen) atoms. The van der Waals surface area contributed by atoms with Gasteiger partial charge in [0.05, 0.1) is 6.04 Å². The Morgan fingerprint density at radius 1 is 1.20 bits per heavy atom. The lowest BCUT2D eigenvalue weighted by atomic mass is 10.0. The van der Waals surface area contributed by atoms with Crippen molar-refractivity contribution < 1.29 is 8.78 Å². The van der Waals surface area contributed by atoms with Crippen molar-refractivity contribution >= 4 is 40.7 Å². The monoisotopic (exact) mass is 390 g/mol. The highest BCUT2D eigenvalue weighted by atomic mass is 79.9. The Hall–Kier alpha value is 0.0600. The van der Waals surface area contributed by atoms with Gasteiger partial charge in [0.25, 0.3) is 6.43 Å². The fourth-order valence-corrected chi connectivity index (χ4v) is 3.05. The summed E-state index contributed by atoms with van der Waals surface area (Å²) >= 11 is 3.41. The molecule has 2 rings (SSSR count). The maximum atomic E-state index is 13.4. The standard InChI is InChI=1S/C13H17BrF2N2.2ClH/c1-9-2-3-10(11(14)8-9)12(13(15)16)18-6-4-17-5-7-18;;/h2-3,8,12-13,17H,4-7H2,1H3;2*1H/t12-;;/m0../s1. The number of benzene rings is 1. The van der Waals surface area contributed by atoms with Gasteiger partial charge in [-0.2, -0.15) is 0 Å². The predicted molar refractivity (Wildman–Crippen MR) is 86.6 cm³/mol. The van der Waals surface area contributed by atoms with E-state index >= 15 is 0 Å². The first-order chi connectivity index (χ1) is 8.59. The summed E-state index contributed by atoms with van der Waals surface area (Å²) in [6.45, 7) is 4.82. The van der Waals surface area contributed by atoms with Gasteiger partial charge in [0.1, 0.15) is 0 Å². The molecule has 0 spiro atoms. The molecule has 1 atom stereocenters. The number of halogens is 5. The highest BCUT2D eigenvalue weighted by Gasteiger charge is 2.31. The van der Waals surface area contributed by atoms with Gasteiger partial charge in [0.15, 0.2) is 0 Å². The van der Waals surface area contributed by atoms with E-state index in [2.05, 4.69) is 21.2 Å². The van der Waals surface area contributed by atoms with Gasteiger partial charge in [-0.05, 0) is 24.1 Å². The molecule has 0 unspecified atom stereocenters. The molecule has 1 aliphatic rings. The van der Waals surface area contributed by atoms with E-state index in [1.54, 1.807) is 6.07 Å². The molecule has 0 amide bonds. The Morgan fingerprint density at radius 2 is 1.80 bits per heavy atom. The highest BCUT2D eigenvalue weighted by Crippen LogP contribution is 2.33. The van der Waals surface area contributed by atoms with E-state index < -0.39 is 12.5 Å². The first-order valence-electron chi connectivity index (χ1n) is 6.08. The summed E-state index contributed by atoms with van der Waals surface area (Å²) < 4.78 is 27.5. The molecule has 0 radical (unpaired) electrons. The van der Waals surface area contributed by atoms with E-state index in [1.165, 1.54) is 0 Å². The molecule has 1 aromatic rings. The van der Waals surface area contributed by atoms with Gasteiger partial charge in [-0.25, -0.2) is 8.78 Å². The lowest BCUT2D eigenvalue weighted by Crippen LogP contribution is -2.47. The second-order valence-electron chi connectivity index (χ2n) is 4.59. The zero-order valence-electron chi connectivity index (χ0n) is 11.1. The molecule has 0 aliphatic carbocycles. The summed E-state index contributed by atoms with van der Waals surface area (Å²) in [6, 6.07) is 4.77. The molecule has 116 valence electrons. The summed E-state index contributed by atoms with van der Waals surface area (Å²) in [4.78, 5) is 1.86. The Kier molecular flexibility index (Phi) is 9.18. The van der Waals surface area contributed by atoms with Gasteiger partial charge >= 0.3 is 0 Å². The van der Waals surface area contributed by atoms with Crippen LogP contribution in [-0.2, 0) is 0 Å². The van der Waals surface area contributed by atoms with Crippen LogP contribution in [0.15, 0.2) is 22.7 Å². The van der Waals surface area contributed by atoms with Gasteiger partial charge in [-0.15, -0.1) is 24.8 Å². The zero-order chi connectivity index (χ0) is 13.1. The maximum Gasteiger partial charge on any atom is 0.258 e. The number of nitrogens with one attached hydrogen (secondary N) is 1. The number of aryl methyl sites for hydroxylation is 1. The number of hydrogen-bond acceptors (Lipinski definition) is 2. The topological polar surface area (TPSA) is 15.3 Å². The number of piperazine rings is 1. The van der Waals surface area contributed by atoms with Crippen LogP contribution >= 0.6 is 40.7 Å². The van der Waals surface area contributed by atoms with Crippen LogP contribution in [0.1, 0.15) is 17.2 Å². The van der Waals surface area contributed by atoms with Crippen LogP contribution in [0.2, 0.25) is 0 Å². The summed E-state index contributed by atoms with van der Waals surface area (Å²) in [5, 5.41) is 3.19. The summed E-state index contributed by atoms with van der Waals surface area (Å²) in [5.41, 5.74) is 1.75. The molecule has 1 heterocycles. The molecule has 7 heteroatoms. The van der Waals surface area contributed by atoms with Crippen LogP contribution in [0.4, 0.5) is 8.78 Å². The number of rotatable bonds is 3. The molecule has 0 saturated carbocycles. The minimum Gasteiger partial charge on any atom is -0.314 e. The quantitative estimate of drug-likeness (QED) is 0.842. The molecule has 1 fully saturated rings. The van der Waals surface area contributed by atoms with Crippen molar-refractivity contribution in [1.29, 1.82) is 0 Å². The van der Waals surface area contributed by atoms with Crippen molar-refractivity contribution in [3.63, 3.8) is 0 Å². The van der Waals surface area contributed by atoms with Crippen molar-refractivity contribution in [2.45, 2.75) is 19.4 Å². The molecule has 1 aromatic carbocycles. The normalized spacial score (nSPS) is 17.2. The van der Waals surface area contributed by atoms with Crippen LogP contribution in [0.25, 0.3) is 0 Å². The zero-order valence-corrected chi connectivity index (χ0v) is 14.3. The molecule has 1 aliphatic heterocycles. The van der Waals surface area contributed by atoms with Gasteiger partial charge in [-0.3, -0.25) is 4.90 Å². The van der Waals surface area contributed by atoms with Crippen molar-refractivity contribution in [3.8, 4) is 0 Å². The minimum atomic E-state index is -2.37. The van der Waals surface area contributed by atoms with E-state index in [1.807, 2.05) is 24.0 Å². The van der Waals surface area contributed by atoms with Crippen LogP contribution in [0.5, 0.6) is 0 Å². The molecule has 0 bridgehead atoms. The van der Waals surface area contributed by atoms with Gasteiger partial charge in [0, 0.05) is 30.7 Å². The fourth-order valence-electron chi connectivity index (χ4n) is 2.32. The first kappa shape index (κ1) is 20.1. The second-order valence-corrected chi connectivity index (χ2v) is 5.44. The maximum absolute atomic E-state index is 13.4. The van der Waals surface area contributed by atoms with E-state index in [0.717, 1.165) is 23.1 Å². The third-order valence-electron chi connectivity index (χ3n) is 3.26. The Labute approximate surface area is 139 Å². The smallest absolute Gasteiger partial charge is 0.258 e. The van der Waals surface area contributed by atoms with Crippen LogP contribution in [-0.4, -0.2) is 37.5 Å². The second kappa shape index (κ2) is 9.15. The average molecular weight is 392 g/mol. The fraction of sp³-hybridized carbons (Fsp3) is 0.538. The van der Waals surface area contributed by atoms with Crippen molar-refractivity contribution in [3.05, 3.63) is 33.8 Å². The molecule has 1 saturated heterocycles. The summed E-state index contributed by atoms with van der Waals surface area (Å²) in [6.07, 6.45) is -2.37. The van der Waals surface area contributed by atoms with E-state index in [4.69, 9.17) is 0 Å². The summed E-state index contributed by atoms with van der Waals surface area (Å²) in [7, 11) is 0. The van der Waals surface area contributed by atoms with Crippen molar-refractivity contribution in [1.82, 2.24) is 10.2 Å². The lowest BCUT2D eigenvalue weighted by Gasteiger charge is -2.35. The number of hydrogen-bond donors (Lipinski definition) is 1. The van der Waals surface area contributed by atoms with Gasteiger partial charge < -0.3 is 5.32 Å². The van der Waals surface area contributed by atoms with E-state index in [-0.39, 0.29) is 24.8 Å². The van der Waals surface area contributed by atoms with Crippen molar-refractivity contribution in [2.24, 2.45) is 0 Å². The lowest BCUT2D eigenvalue weighted by molar-refractivity contribution is 0.0178. The van der Waals surface area contributed by atoms with Crippen molar-refractivity contribution in [2.75, 3.05) is 26.2 Å². The SMILES string of the molecule is Cc1ccc([C@@H](C(F)F)N2CCNCC2)c(Br)c1.Cl.Cl. The van der Waals surface area contributed by atoms with Crippen LogP contribution in [0, 0.1) is 6.92 Å². The summed E-state index contributed by atoms with van der Waals surface area (Å²) in [5.74, 6) is 0. The molecule has 0 aromatic heterocycles. The number of nitrogens with zero attached hydrogens (tertiary/aromatic N) is 1. The van der Waals surface area contributed by atoms with Gasteiger partial charge in [0.2, 0.25) is 0 Å². The molecular weight excluding hydrogens is 373 g/mol. The minimum absolute atomic E-state index is 0. The highest BCUT2D eigenvalue weighted by molar-refractivity contribution is 9.10. The number of alkyl halides is 2. The Bertz CT molecular complexity index is 415. The third kappa shape index (κ3) is 4.81. The third-order valence-corrected chi connectivity index (χ3v) is 3.95. The molecule has 2 nitrogen and oxygen atoms in total. The first-order valence-corrected chi connectivity index (χ1v) is 6.88. The molecular formula is C13H19BrCl2F2N2. The van der Waals surface area contributed by atoms with Gasteiger partial charge in [-0.1, -0.05) is 28.1 Å². The van der Waals surface area contributed by atoms with Crippen LogP contribution < -0.4 is 5.32 Å². The predicted octanol–water partition coefficient (Wildman–Crippen LogP) is 3.81. The Balaban J connectivity index is 0.00000180.